The maximum Gasteiger partial charge on any atom is 0.234 e. The number of thioether (sulfide) groups is 1. The Balaban J connectivity index is 1.64. The van der Waals surface area contributed by atoms with Gasteiger partial charge in [-0.3, -0.25) is 14.3 Å². The average molecular weight is 458 g/mol. The highest BCUT2D eigenvalue weighted by molar-refractivity contribution is 8.00. The number of nitrogens with one attached hydrogen (secondary N) is 1. The summed E-state index contributed by atoms with van der Waals surface area (Å²) in [5.74, 6) is 0.825. The van der Waals surface area contributed by atoms with Crippen LogP contribution in [-0.4, -0.2) is 30.9 Å². The van der Waals surface area contributed by atoms with E-state index in [2.05, 4.69) is 51.7 Å². The van der Waals surface area contributed by atoms with E-state index >= 15 is 0 Å². The first kappa shape index (κ1) is 22.7. The number of amides is 1. The number of aryl methyl sites for hydroxylation is 1. The first-order valence-electron chi connectivity index (χ1n) is 10.9. The van der Waals surface area contributed by atoms with Gasteiger partial charge in [0.05, 0.1) is 5.25 Å². The maximum atomic E-state index is 13.1. The molecule has 1 N–H and O–H groups in total. The quantitative estimate of drug-likeness (QED) is 0.374. The van der Waals surface area contributed by atoms with E-state index in [-0.39, 0.29) is 17.1 Å². The van der Waals surface area contributed by atoms with Crippen LogP contribution in [-0.2, 0) is 11.3 Å². The molecule has 7 heteroatoms. The van der Waals surface area contributed by atoms with Gasteiger partial charge in [0, 0.05) is 30.2 Å². The highest BCUT2D eigenvalue weighted by Crippen LogP contribution is 2.32. The van der Waals surface area contributed by atoms with Crippen LogP contribution in [0, 0.1) is 12.8 Å². The second kappa shape index (κ2) is 10.4. The van der Waals surface area contributed by atoms with Gasteiger partial charge in [-0.2, -0.15) is 0 Å². The van der Waals surface area contributed by atoms with Crippen LogP contribution in [0.1, 0.15) is 25.0 Å². The lowest BCUT2D eigenvalue weighted by molar-refractivity contribution is -0.121. The molecular weight excluding hydrogens is 430 g/mol. The van der Waals surface area contributed by atoms with Gasteiger partial charge >= 0.3 is 0 Å². The predicted molar refractivity (Wildman–Crippen MR) is 132 cm³/mol. The lowest BCUT2D eigenvalue weighted by Crippen LogP contribution is -2.35. The zero-order valence-corrected chi connectivity index (χ0v) is 19.8. The van der Waals surface area contributed by atoms with Crippen molar-refractivity contribution < 1.29 is 4.79 Å². The molecule has 1 atom stereocenters. The van der Waals surface area contributed by atoms with Crippen LogP contribution in [0.5, 0.6) is 0 Å². The minimum atomic E-state index is -0.321. The van der Waals surface area contributed by atoms with E-state index in [4.69, 9.17) is 0 Å². The fraction of sp³-hybridized carbons (Fsp3) is 0.231. The Kier molecular flexibility index (Phi) is 7.19. The second-order valence-corrected chi connectivity index (χ2v) is 9.31. The molecule has 2 heterocycles. The minimum Gasteiger partial charge on any atom is -0.351 e. The molecule has 0 radical (unpaired) electrons. The zero-order chi connectivity index (χ0) is 23.2. The molecule has 0 aliphatic carbocycles. The highest BCUT2D eigenvalue weighted by Gasteiger charge is 2.27. The monoisotopic (exact) mass is 457 g/mol. The van der Waals surface area contributed by atoms with Crippen LogP contribution in [0.3, 0.4) is 0 Å². The molecule has 168 valence electrons. The molecule has 4 rings (SSSR count). The van der Waals surface area contributed by atoms with Crippen molar-refractivity contribution in [3.63, 3.8) is 0 Å². The first-order valence-corrected chi connectivity index (χ1v) is 11.8. The van der Waals surface area contributed by atoms with Crippen molar-refractivity contribution >= 4 is 17.7 Å². The SMILES string of the molecule is Cc1ccc(-n2c(SC(C(=O)NCc3cccnc3)C(C)C)nnc2-c2ccccc2)cc1. The van der Waals surface area contributed by atoms with E-state index in [9.17, 15) is 4.79 Å². The van der Waals surface area contributed by atoms with Gasteiger partial charge in [0.15, 0.2) is 11.0 Å². The summed E-state index contributed by atoms with van der Waals surface area (Å²) in [4.78, 5) is 17.2. The fourth-order valence-electron chi connectivity index (χ4n) is 3.45. The Morgan fingerprint density at radius 3 is 2.42 bits per heavy atom. The van der Waals surface area contributed by atoms with Crippen LogP contribution in [0.25, 0.3) is 17.1 Å². The molecule has 0 saturated heterocycles. The number of hydrogen-bond donors (Lipinski definition) is 1. The third-order valence-corrected chi connectivity index (χ3v) is 6.73. The summed E-state index contributed by atoms with van der Waals surface area (Å²) in [5, 5.41) is 12.4. The summed E-state index contributed by atoms with van der Waals surface area (Å²) in [7, 11) is 0. The van der Waals surface area contributed by atoms with Crippen LogP contribution in [0.4, 0.5) is 0 Å². The molecule has 33 heavy (non-hydrogen) atoms. The van der Waals surface area contributed by atoms with Gasteiger partial charge in [0.1, 0.15) is 0 Å². The van der Waals surface area contributed by atoms with Gasteiger partial charge in [-0.15, -0.1) is 10.2 Å². The number of aromatic nitrogens is 4. The third kappa shape index (κ3) is 5.49. The van der Waals surface area contributed by atoms with E-state index in [0.29, 0.717) is 11.7 Å². The predicted octanol–water partition coefficient (Wildman–Crippen LogP) is 5.07. The molecule has 2 aromatic carbocycles. The van der Waals surface area contributed by atoms with E-state index in [0.717, 1.165) is 22.6 Å². The number of carbonyl (C=O) groups excluding carboxylic acids is 1. The van der Waals surface area contributed by atoms with E-state index in [1.165, 1.54) is 17.3 Å². The molecule has 6 nitrogen and oxygen atoms in total. The number of pyridine rings is 1. The van der Waals surface area contributed by atoms with Gasteiger partial charge < -0.3 is 5.32 Å². The minimum absolute atomic E-state index is 0.0291. The van der Waals surface area contributed by atoms with Crippen LogP contribution in [0.2, 0.25) is 0 Å². The smallest absolute Gasteiger partial charge is 0.234 e. The second-order valence-electron chi connectivity index (χ2n) is 8.20. The van der Waals surface area contributed by atoms with Gasteiger partial charge in [-0.25, -0.2) is 0 Å². The van der Waals surface area contributed by atoms with E-state index in [1.807, 2.05) is 60.9 Å². The lowest BCUT2D eigenvalue weighted by Gasteiger charge is -2.20. The van der Waals surface area contributed by atoms with Gasteiger partial charge in [-0.05, 0) is 36.6 Å². The van der Waals surface area contributed by atoms with Crippen molar-refractivity contribution in [3.05, 3.63) is 90.3 Å². The molecule has 0 spiro atoms. The van der Waals surface area contributed by atoms with Crippen LogP contribution >= 0.6 is 11.8 Å². The summed E-state index contributed by atoms with van der Waals surface area (Å²) in [6.07, 6.45) is 3.48. The topological polar surface area (TPSA) is 72.7 Å². The maximum absolute atomic E-state index is 13.1. The number of benzene rings is 2. The normalized spacial score (nSPS) is 12.0. The molecule has 0 bridgehead atoms. The Labute approximate surface area is 198 Å². The lowest BCUT2D eigenvalue weighted by atomic mass is 10.1. The summed E-state index contributed by atoms with van der Waals surface area (Å²) in [6, 6.07) is 22.1. The molecule has 0 aliphatic rings. The molecule has 0 aliphatic heterocycles. The molecule has 0 saturated carbocycles. The Morgan fingerprint density at radius 2 is 1.76 bits per heavy atom. The number of carbonyl (C=O) groups is 1. The Morgan fingerprint density at radius 1 is 1.00 bits per heavy atom. The largest absolute Gasteiger partial charge is 0.351 e. The summed E-state index contributed by atoms with van der Waals surface area (Å²) < 4.78 is 2.03. The molecule has 0 fully saturated rings. The number of nitrogens with zero attached hydrogens (tertiary/aromatic N) is 4. The standard InChI is InChI=1S/C26H27N5OS/c1-18(2)23(25(32)28-17-20-8-7-15-27-16-20)33-26-30-29-24(21-9-5-4-6-10-21)31(26)22-13-11-19(3)12-14-22/h4-16,18,23H,17H2,1-3H3,(H,28,32). The molecule has 1 unspecified atom stereocenters. The fourth-order valence-corrected chi connectivity index (χ4v) is 4.52. The zero-order valence-electron chi connectivity index (χ0n) is 19.0. The third-order valence-electron chi connectivity index (χ3n) is 5.24. The van der Waals surface area contributed by atoms with Crippen molar-refractivity contribution in [2.75, 3.05) is 0 Å². The van der Waals surface area contributed by atoms with Crippen LogP contribution < -0.4 is 5.32 Å². The van der Waals surface area contributed by atoms with Crippen molar-refractivity contribution in [3.8, 4) is 17.1 Å². The van der Waals surface area contributed by atoms with Crippen LogP contribution in [0.15, 0.2) is 84.3 Å². The van der Waals surface area contributed by atoms with Crippen molar-refractivity contribution in [2.24, 2.45) is 5.92 Å². The van der Waals surface area contributed by atoms with E-state index < -0.39 is 0 Å². The highest BCUT2D eigenvalue weighted by atomic mass is 32.2. The van der Waals surface area contributed by atoms with Crippen molar-refractivity contribution in [1.29, 1.82) is 0 Å². The first-order chi connectivity index (χ1) is 16.0. The molecule has 2 aromatic heterocycles. The molecule has 1 amide bonds. The van der Waals surface area contributed by atoms with Gasteiger partial charge in [-0.1, -0.05) is 79.7 Å². The summed E-state index contributed by atoms with van der Waals surface area (Å²) >= 11 is 1.44. The Hall–Kier alpha value is -3.45. The van der Waals surface area contributed by atoms with Gasteiger partial charge in [0.2, 0.25) is 5.91 Å². The summed E-state index contributed by atoms with van der Waals surface area (Å²) in [5.41, 5.74) is 4.08. The average Bonchev–Trinajstić information content (AvgIpc) is 3.26. The van der Waals surface area contributed by atoms with Crippen molar-refractivity contribution in [1.82, 2.24) is 25.1 Å². The molecule has 4 aromatic rings. The molecular formula is C26H27N5OS. The van der Waals surface area contributed by atoms with Crippen molar-refractivity contribution in [2.45, 2.75) is 37.7 Å². The number of rotatable bonds is 8. The summed E-state index contributed by atoms with van der Waals surface area (Å²) in [6.45, 7) is 6.60. The number of hydrogen-bond acceptors (Lipinski definition) is 5. The van der Waals surface area contributed by atoms with E-state index in [1.54, 1.807) is 12.4 Å². The van der Waals surface area contributed by atoms with Gasteiger partial charge in [0.25, 0.3) is 0 Å². The Bertz CT molecular complexity index is 1190.